The molecule has 13 atom stereocenters. The molecule has 0 aromatic heterocycles. The van der Waals surface area contributed by atoms with Crippen LogP contribution in [0, 0.1) is 0 Å². The van der Waals surface area contributed by atoms with E-state index in [-0.39, 0.29) is 99.5 Å². The first-order valence-corrected chi connectivity index (χ1v) is 33.9. The van der Waals surface area contributed by atoms with Crippen molar-refractivity contribution >= 4 is 76.8 Å². The quantitative estimate of drug-likeness (QED) is 0.141. The van der Waals surface area contributed by atoms with Gasteiger partial charge in [0.25, 0.3) is 0 Å². The summed E-state index contributed by atoms with van der Waals surface area (Å²) >= 11 is 0. The summed E-state index contributed by atoms with van der Waals surface area (Å²) in [5.74, 6) is -4.92. The zero-order chi connectivity index (χ0) is 64.1. The summed E-state index contributed by atoms with van der Waals surface area (Å²) in [5.41, 5.74) is 15.2. The second-order valence-electron chi connectivity index (χ2n) is 27.3. The maximum absolute atomic E-state index is 15.0. The van der Waals surface area contributed by atoms with Crippen LogP contribution in [0.4, 0.5) is 0 Å². The van der Waals surface area contributed by atoms with E-state index in [9.17, 15) is 67.9 Å². The van der Waals surface area contributed by atoms with Gasteiger partial charge in [-0.05, 0) is 153 Å². The molecule has 0 saturated carbocycles. The van der Waals surface area contributed by atoms with Crippen molar-refractivity contribution in [3.8, 4) is 0 Å². The van der Waals surface area contributed by atoms with E-state index in [4.69, 9.17) is 5.73 Å². The standard InChI is InChI=1S/C62H88N16O13/c1-37(79)67-24-3-14-40(67)52(81)69-26-5-16-42(69)59(88)76-33-12-23-49(76)61(90)78-36-38(65-66-64)35-50(78)62(91)77-34-11-22-48(77)60(89)75-32-10-21-47(75)58(87)74-31-9-20-46(74)57(86)73-30-8-19-45(73)56(85)72-29-7-18-44(72)55(84)71-28-6-17-43(71)54(83)70-27-4-15-41(70)53(82)68-25-2-13-39(68)51(63)80/h38-50H,2-36H2,1H3,(H2,63,80)/t38-,39-,40-,41-,42-,43-,44-,45-,46-,47-,48-,49-,50-/m0/s1. The minimum absolute atomic E-state index is 0.00467. The zero-order valence-corrected chi connectivity index (χ0v) is 52.3. The van der Waals surface area contributed by atoms with E-state index in [0.717, 1.165) is 0 Å². The van der Waals surface area contributed by atoms with Crippen molar-refractivity contribution in [1.29, 1.82) is 0 Å². The number of azide groups is 1. The minimum atomic E-state index is -1.12. The summed E-state index contributed by atoms with van der Waals surface area (Å²) in [6.07, 6.45) is 10.3. The van der Waals surface area contributed by atoms with Crippen LogP contribution in [0.2, 0.25) is 0 Å². The third-order valence-corrected chi connectivity index (χ3v) is 22.3. The van der Waals surface area contributed by atoms with Gasteiger partial charge in [-0.3, -0.25) is 62.3 Å². The van der Waals surface area contributed by atoms with Gasteiger partial charge in [0.1, 0.15) is 72.5 Å². The van der Waals surface area contributed by atoms with Crippen LogP contribution < -0.4 is 5.73 Å². The number of likely N-dealkylation sites (tertiary alicyclic amines) is 12. The van der Waals surface area contributed by atoms with Crippen LogP contribution in [-0.4, -0.2) is 293 Å². The summed E-state index contributed by atoms with van der Waals surface area (Å²) < 4.78 is 0. The number of rotatable bonds is 13. The Morgan fingerprint density at radius 2 is 0.484 bits per heavy atom. The molecule has 0 radical (unpaired) electrons. The highest BCUT2D eigenvalue weighted by Gasteiger charge is 2.54. The highest BCUT2D eigenvalue weighted by Crippen LogP contribution is 2.37. The molecule has 91 heavy (non-hydrogen) atoms. The average Bonchev–Trinajstić information content (AvgIpc) is 1.68. The van der Waals surface area contributed by atoms with E-state index in [1.807, 2.05) is 0 Å². The molecule has 2 N–H and O–H groups in total. The first kappa shape index (κ1) is 63.6. The molecule has 12 aliphatic heterocycles. The Bertz CT molecular complexity index is 3030. The first-order chi connectivity index (χ1) is 43.9. The van der Waals surface area contributed by atoms with Gasteiger partial charge in [-0.1, -0.05) is 5.11 Å². The Labute approximate surface area is 529 Å². The van der Waals surface area contributed by atoms with E-state index in [2.05, 4.69) is 10.0 Å². The van der Waals surface area contributed by atoms with E-state index in [0.29, 0.717) is 174 Å². The van der Waals surface area contributed by atoms with Crippen molar-refractivity contribution < 1.29 is 62.3 Å². The molecular weight excluding hydrogens is 1180 g/mol. The Hall–Kier alpha value is -7.58. The third-order valence-electron chi connectivity index (χ3n) is 22.3. The molecule has 12 rings (SSSR count). The monoisotopic (exact) mass is 1260 g/mol. The summed E-state index contributed by atoms with van der Waals surface area (Å²) in [6.45, 7) is 4.69. The van der Waals surface area contributed by atoms with Crippen LogP contribution in [0.15, 0.2) is 5.11 Å². The number of primary amides is 1. The van der Waals surface area contributed by atoms with Gasteiger partial charge in [-0.15, -0.1) is 0 Å². The van der Waals surface area contributed by atoms with Gasteiger partial charge in [0, 0.05) is 90.4 Å². The summed E-state index contributed by atoms with van der Waals surface area (Å²) in [5, 5.41) is 3.92. The van der Waals surface area contributed by atoms with E-state index < -0.39 is 108 Å². The molecular formula is C62H88N16O13. The van der Waals surface area contributed by atoms with Crippen molar-refractivity contribution in [3.63, 3.8) is 0 Å². The smallest absolute Gasteiger partial charge is 0.246 e. The van der Waals surface area contributed by atoms with Gasteiger partial charge in [0.2, 0.25) is 76.8 Å². The topological polar surface area (TPSA) is 336 Å². The van der Waals surface area contributed by atoms with E-state index >= 15 is 0 Å². The molecule has 0 bridgehead atoms. The Balaban J connectivity index is 0.678. The van der Waals surface area contributed by atoms with Gasteiger partial charge >= 0.3 is 0 Å². The molecule has 0 unspecified atom stereocenters. The third kappa shape index (κ3) is 11.7. The van der Waals surface area contributed by atoms with Crippen molar-refractivity contribution in [1.82, 2.24) is 58.8 Å². The molecule has 0 aromatic carbocycles. The predicted molar refractivity (Wildman–Crippen MR) is 320 cm³/mol. The maximum atomic E-state index is 15.0. The van der Waals surface area contributed by atoms with Crippen molar-refractivity contribution in [2.75, 3.05) is 78.5 Å². The summed E-state index contributed by atoms with van der Waals surface area (Å²) in [7, 11) is 0. The second-order valence-corrected chi connectivity index (χ2v) is 27.3. The van der Waals surface area contributed by atoms with Crippen molar-refractivity contribution in [2.24, 2.45) is 10.8 Å². The van der Waals surface area contributed by atoms with Gasteiger partial charge in [0.05, 0.1) is 6.04 Å². The predicted octanol–water partition coefficient (Wildman–Crippen LogP) is -0.328. The average molecular weight is 1270 g/mol. The molecule has 29 heteroatoms. The normalized spacial score (nSPS) is 32.5. The Kier molecular flexibility index (Phi) is 18.6. The lowest BCUT2D eigenvalue weighted by Crippen LogP contribution is -2.59. The van der Waals surface area contributed by atoms with E-state index in [1.54, 1.807) is 29.4 Å². The summed E-state index contributed by atoms with van der Waals surface area (Å²) in [4.78, 5) is 206. The van der Waals surface area contributed by atoms with Crippen LogP contribution >= 0.6 is 0 Å². The molecule has 494 valence electrons. The zero-order valence-electron chi connectivity index (χ0n) is 52.3. The molecule has 0 aliphatic carbocycles. The summed E-state index contributed by atoms with van der Waals surface area (Å²) in [6, 6.07) is -11.1. The van der Waals surface area contributed by atoms with Crippen LogP contribution in [0.1, 0.15) is 155 Å². The molecule has 0 spiro atoms. The fourth-order valence-corrected chi connectivity index (χ4v) is 17.9. The number of carbonyl (C=O) groups is 13. The van der Waals surface area contributed by atoms with Gasteiger partial charge in [0.15, 0.2) is 0 Å². The number of carbonyl (C=O) groups excluding carboxylic acids is 13. The lowest BCUT2D eigenvalue weighted by atomic mass is 10.1. The number of nitrogens with zero attached hydrogens (tertiary/aromatic N) is 15. The minimum Gasteiger partial charge on any atom is -0.368 e. The largest absolute Gasteiger partial charge is 0.368 e. The molecule has 12 aliphatic rings. The van der Waals surface area contributed by atoms with Crippen LogP contribution in [0.5, 0.6) is 0 Å². The maximum Gasteiger partial charge on any atom is 0.246 e. The fraction of sp³-hybridized carbons (Fsp3) is 0.790. The van der Waals surface area contributed by atoms with Crippen molar-refractivity contribution in [3.05, 3.63) is 10.4 Å². The van der Waals surface area contributed by atoms with Gasteiger partial charge in [-0.2, -0.15) is 0 Å². The molecule has 12 fully saturated rings. The highest BCUT2D eigenvalue weighted by molar-refractivity contribution is 6.01. The van der Waals surface area contributed by atoms with E-state index in [1.165, 1.54) is 36.3 Å². The van der Waals surface area contributed by atoms with Crippen LogP contribution in [0.25, 0.3) is 10.4 Å². The first-order valence-electron chi connectivity index (χ1n) is 33.9. The van der Waals surface area contributed by atoms with Gasteiger partial charge < -0.3 is 64.5 Å². The SMILES string of the molecule is CC(=O)N1CCC[C@H]1C(=O)N1CCC[C@H]1C(=O)N1CCC[C@H]1C(=O)N1C[C@@H](N=[N+]=[N-])C[C@H]1C(=O)N1CCC[C@H]1C(=O)N1CCC[C@H]1C(=O)N1CCC[C@H]1C(=O)N1CCC[C@H]1C(=O)N1CCC[C@H]1C(=O)N1CCC[C@H]1C(=O)N1CCC[C@H]1C(=O)N1CCC[C@H]1C(N)=O. The van der Waals surface area contributed by atoms with Gasteiger partial charge in [-0.25, -0.2) is 0 Å². The number of amides is 13. The highest BCUT2D eigenvalue weighted by atomic mass is 16.2. The Morgan fingerprint density at radius 3 is 0.703 bits per heavy atom. The van der Waals surface area contributed by atoms with Crippen LogP contribution in [-0.2, 0) is 62.3 Å². The lowest BCUT2D eigenvalue weighted by Gasteiger charge is -2.38. The van der Waals surface area contributed by atoms with Crippen LogP contribution in [0.3, 0.4) is 0 Å². The van der Waals surface area contributed by atoms with Crippen molar-refractivity contribution in [2.45, 2.75) is 233 Å². The second kappa shape index (κ2) is 26.6. The number of hydrogen-bond acceptors (Lipinski definition) is 14. The number of nitrogens with two attached hydrogens (primary N) is 1. The Morgan fingerprint density at radius 1 is 0.297 bits per heavy atom. The lowest BCUT2D eigenvalue weighted by molar-refractivity contribution is -0.156. The molecule has 13 amide bonds. The number of hydrogen-bond donors (Lipinski definition) is 1. The molecule has 12 saturated heterocycles. The molecule has 12 heterocycles. The fourth-order valence-electron chi connectivity index (χ4n) is 17.9. The molecule has 29 nitrogen and oxygen atoms in total. The molecule has 0 aromatic rings.